The molecule has 0 radical (unpaired) electrons. The summed E-state index contributed by atoms with van der Waals surface area (Å²) in [5, 5.41) is 0. The number of benzene rings is 2. The summed E-state index contributed by atoms with van der Waals surface area (Å²) in [5.74, 6) is 0.795. The van der Waals surface area contributed by atoms with E-state index in [1.165, 1.54) is 0 Å². The van der Waals surface area contributed by atoms with Crippen molar-refractivity contribution >= 4 is 10.0 Å². The second-order valence-electron chi connectivity index (χ2n) is 5.47. The van der Waals surface area contributed by atoms with Crippen LogP contribution in [0, 0.1) is 6.92 Å². The predicted molar refractivity (Wildman–Crippen MR) is 85.5 cm³/mol. The molecule has 2 aromatic rings. The first-order chi connectivity index (χ1) is 10.6. The number of aryl methyl sites for hydroxylation is 2. The van der Waals surface area contributed by atoms with Crippen molar-refractivity contribution in [2.45, 2.75) is 31.2 Å². The number of sulfonamides is 1. The summed E-state index contributed by atoms with van der Waals surface area (Å²) in [4.78, 5) is 0.297. The van der Waals surface area contributed by atoms with E-state index in [9.17, 15) is 8.42 Å². The molecule has 0 amide bonds. The van der Waals surface area contributed by atoms with Crippen molar-refractivity contribution in [1.82, 2.24) is 4.72 Å². The normalized spacial score (nSPS) is 14.2. The lowest BCUT2D eigenvalue weighted by molar-refractivity contribution is 0.288. The molecule has 1 aliphatic rings. The molecular formula is C17H19NO3S. The topological polar surface area (TPSA) is 55.4 Å². The van der Waals surface area contributed by atoms with Crippen molar-refractivity contribution in [3.63, 3.8) is 0 Å². The molecule has 0 spiro atoms. The van der Waals surface area contributed by atoms with Crippen LogP contribution in [0.3, 0.4) is 0 Å². The molecule has 1 heterocycles. The van der Waals surface area contributed by atoms with Crippen LogP contribution in [0.4, 0.5) is 0 Å². The molecule has 0 aliphatic carbocycles. The van der Waals surface area contributed by atoms with Crippen molar-refractivity contribution in [2.24, 2.45) is 0 Å². The average Bonchev–Trinajstić information content (AvgIpc) is 2.54. The van der Waals surface area contributed by atoms with Gasteiger partial charge in [-0.15, -0.1) is 0 Å². The maximum atomic E-state index is 12.5. The highest BCUT2D eigenvalue weighted by Crippen LogP contribution is 2.27. The molecule has 116 valence electrons. The Morgan fingerprint density at radius 1 is 1.18 bits per heavy atom. The monoisotopic (exact) mass is 317 g/mol. The summed E-state index contributed by atoms with van der Waals surface area (Å²) in [6.45, 7) is 2.97. The molecule has 0 unspecified atom stereocenters. The fourth-order valence-electron chi connectivity index (χ4n) is 2.57. The number of rotatable bonds is 4. The van der Waals surface area contributed by atoms with Gasteiger partial charge in [-0.1, -0.05) is 24.3 Å². The zero-order valence-corrected chi connectivity index (χ0v) is 13.3. The van der Waals surface area contributed by atoms with Crippen molar-refractivity contribution in [2.75, 3.05) is 6.61 Å². The van der Waals surface area contributed by atoms with E-state index in [1.54, 1.807) is 18.2 Å². The summed E-state index contributed by atoms with van der Waals surface area (Å²) in [7, 11) is -3.51. The summed E-state index contributed by atoms with van der Waals surface area (Å²) in [6.07, 6.45) is 1.78. The minimum absolute atomic E-state index is 0.294. The minimum atomic E-state index is -3.51. The zero-order chi connectivity index (χ0) is 15.6. The van der Waals surface area contributed by atoms with Gasteiger partial charge in [0.1, 0.15) is 5.75 Å². The van der Waals surface area contributed by atoms with Crippen molar-refractivity contribution in [3.8, 4) is 5.75 Å². The Kier molecular flexibility index (Phi) is 4.18. The fourth-order valence-corrected chi connectivity index (χ4v) is 3.63. The molecule has 4 nitrogen and oxygen atoms in total. The molecular weight excluding hydrogens is 298 g/mol. The number of hydrogen-bond acceptors (Lipinski definition) is 3. The maximum Gasteiger partial charge on any atom is 0.240 e. The lowest BCUT2D eigenvalue weighted by Crippen LogP contribution is -2.24. The summed E-state index contributed by atoms with van der Waals surface area (Å²) in [5.41, 5.74) is 3.02. The fraction of sp³-hybridized carbons (Fsp3) is 0.294. The third kappa shape index (κ3) is 3.15. The first kappa shape index (κ1) is 15.1. The Morgan fingerprint density at radius 3 is 2.82 bits per heavy atom. The molecule has 0 saturated carbocycles. The van der Waals surface area contributed by atoms with Crippen LogP contribution in [0.5, 0.6) is 5.75 Å². The van der Waals surface area contributed by atoms with Crippen molar-refractivity contribution in [3.05, 3.63) is 59.2 Å². The van der Waals surface area contributed by atoms with Gasteiger partial charge in [0.25, 0.3) is 0 Å². The van der Waals surface area contributed by atoms with Gasteiger partial charge in [0.2, 0.25) is 10.0 Å². The van der Waals surface area contributed by atoms with Gasteiger partial charge >= 0.3 is 0 Å². The van der Waals surface area contributed by atoms with Crippen LogP contribution in [0.2, 0.25) is 0 Å². The largest absolute Gasteiger partial charge is 0.493 e. The predicted octanol–water partition coefficient (Wildman–Crippen LogP) is 2.80. The van der Waals surface area contributed by atoms with Gasteiger partial charge in [0.15, 0.2) is 0 Å². The van der Waals surface area contributed by atoms with E-state index in [2.05, 4.69) is 4.72 Å². The molecule has 0 aromatic heterocycles. The van der Waals surface area contributed by atoms with Gasteiger partial charge in [-0.25, -0.2) is 13.1 Å². The van der Waals surface area contributed by atoms with E-state index in [1.807, 2.05) is 31.2 Å². The van der Waals surface area contributed by atoms with E-state index >= 15 is 0 Å². The number of nitrogens with one attached hydrogen (secondary N) is 1. The highest BCUT2D eigenvalue weighted by atomic mass is 32.2. The molecule has 0 saturated heterocycles. The Hall–Kier alpha value is -1.85. The number of hydrogen-bond donors (Lipinski definition) is 1. The van der Waals surface area contributed by atoms with Gasteiger partial charge in [-0.2, -0.15) is 0 Å². The quantitative estimate of drug-likeness (QED) is 0.943. The van der Waals surface area contributed by atoms with Crippen molar-refractivity contribution < 1.29 is 13.2 Å². The third-order valence-corrected chi connectivity index (χ3v) is 5.30. The van der Waals surface area contributed by atoms with Crippen LogP contribution in [0.25, 0.3) is 0 Å². The Morgan fingerprint density at radius 2 is 2.00 bits per heavy atom. The number of ether oxygens (including phenoxy) is 1. The van der Waals surface area contributed by atoms with Crippen LogP contribution in [0.1, 0.15) is 23.1 Å². The summed E-state index contributed by atoms with van der Waals surface area (Å²) in [6, 6.07) is 12.8. The molecule has 1 N–H and O–H groups in total. The van der Waals surface area contributed by atoms with Crippen LogP contribution in [-0.4, -0.2) is 15.0 Å². The summed E-state index contributed by atoms with van der Waals surface area (Å²) >= 11 is 0. The smallest absolute Gasteiger partial charge is 0.240 e. The second-order valence-corrected chi connectivity index (χ2v) is 7.24. The first-order valence-electron chi connectivity index (χ1n) is 7.36. The van der Waals surface area contributed by atoms with Gasteiger partial charge < -0.3 is 4.74 Å². The second kappa shape index (κ2) is 6.10. The molecule has 22 heavy (non-hydrogen) atoms. The molecule has 0 bridgehead atoms. The zero-order valence-electron chi connectivity index (χ0n) is 12.5. The SMILES string of the molecule is Cc1ccccc1CNS(=O)(=O)c1ccc2c(c1)CCCO2. The molecule has 3 rings (SSSR count). The molecule has 2 aromatic carbocycles. The first-order valence-corrected chi connectivity index (χ1v) is 8.84. The van der Waals surface area contributed by atoms with E-state index in [0.29, 0.717) is 18.0 Å². The van der Waals surface area contributed by atoms with E-state index in [-0.39, 0.29) is 0 Å². The third-order valence-electron chi connectivity index (χ3n) is 3.90. The number of fused-ring (bicyclic) bond motifs is 1. The average molecular weight is 317 g/mol. The van der Waals surface area contributed by atoms with Crippen LogP contribution < -0.4 is 9.46 Å². The maximum absolute atomic E-state index is 12.5. The summed E-state index contributed by atoms with van der Waals surface area (Å²) < 4.78 is 33.1. The Bertz CT molecular complexity index is 784. The highest BCUT2D eigenvalue weighted by Gasteiger charge is 2.18. The van der Waals surface area contributed by atoms with Crippen LogP contribution >= 0.6 is 0 Å². The van der Waals surface area contributed by atoms with Gasteiger partial charge in [0.05, 0.1) is 11.5 Å². The van der Waals surface area contributed by atoms with Crippen LogP contribution in [0.15, 0.2) is 47.4 Å². The van der Waals surface area contributed by atoms with Gasteiger partial charge in [-0.3, -0.25) is 0 Å². The molecule has 0 atom stereocenters. The standard InChI is InChI=1S/C17H19NO3S/c1-13-5-2-3-6-15(13)12-18-22(19,20)16-8-9-17-14(11-16)7-4-10-21-17/h2-3,5-6,8-9,11,18H,4,7,10,12H2,1H3. The molecule has 5 heteroatoms. The minimum Gasteiger partial charge on any atom is -0.493 e. The highest BCUT2D eigenvalue weighted by molar-refractivity contribution is 7.89. The van der Waals surface area contributed by atoms with Crippen LogP contribution in [-0.2, 0) is 23.0 Å². The van der Waals surface area contributed by atoms with Gasteiger partial charge in [0, 0.05) is 6.54 Å². The molecule has 0 fully saturated rings. The van der Waals surface area contributed by atoms with Gasteiger partial charge in [-0.05, 0) is 54.7 Å². The Balaban J connectivity index is 1.80. The van der Waals surface area contributed by atoms with Crippen molar-refractivity contribution in [1.29, 1.82) is 0 Å². The van der Waals surface area contributed by atoms with E-state index in [0.717, 1.165) is 35.3 Å². The lowest BCUT2D eigenvalue weighted by atomic mass is 10.1. The Labute approximate surface area is 131 Å². The molecule has 1 aliphatic heterocycles. The van der Waals surface area contributed by atoms with E-state index in [4.69, 9.17) is 4.74 Å². The van der Waals surface area contributed by atoms with E-state index < -0.39 is 10.0 Å². The lowest BCUT2D eigenvalue weighted by Gasteiger charge is -2.18.